The van der Waals surface area contributed by atoms with Crippen molar-refractivity contribution in [1.29, 1.82) is 0 Å². The Hall–Kier alpha value is -0.500. The normalized spacial score (nSPS) is 10.6. The van der Waals surface area contributed by atoms with Gasteiger partial charge in [0, 0.05) is 5.56 Å². The van der Waals surface area contributed by atoms with Crippen LogP contribution in [0.25, 0.3) is 0 Å². The maximum atomic E-state index is 12.4. The molecule has 1 heterocycles. The van der Waals surface area contributed by atoms with Crippen LogP contribution in [0.15, 0.2) is 6.07 Å². The first-order valence-corrected chi connectivity index (χ1v) is 4.76. The summed E-state index contributed by atoms with van der Waals surface area (Å²) >= 11 is 7.08. The molecule has 7 heteroatoms. The standard InChI is InChI=1S/C7H3ClF2INO2/c8-5-4(11)2(6(9)10)1-3(12-5)7(13)14/h1,6H,(H,13,14). The van der Waals surface area contributed by atoms with Gasteiger partial charge in [0.2, 0.25) is 0 Å². The lowest BCUT2D eigenvalue weighted by Gasteiger charge is -2.05. The first-order chi connectivity index (χ1) is 6.43. The van der Waals surface area contributed by atoms with Crippen molar-refractivity contribution in [2.45, 2.75) is 6.43 Å². The summed E-state index contributed by atoms with van der Waals surface area (Å²) in [6.45, 7) is 0. The van der Waals surface area contributed by atoms with Crippen LogP contribution >= 0.6 is 34.2 Å². The highest BCUT2D eigenvalue weighted by molar-refractivity contribution is 14.1. The van der Waals surface area contributed by atoms with Crippen LogP contribution in [0, 0.1) is 3.57 Å². The van der Waals surface area contributed by atoms with Crippen molar-refractivity contribution in [2.75, 3.05) is 0 Å². The molecule has 0 aromatic carbocycles. The van der Waals surface area contributed by atoms with Gasteiger partial charge in [-0.05, 0) is 28.7 Å². The quantitative estimate of drug-likeness (QED) is 0.669. The number of carboxylic acid groups (broad SMARTS) is 1. The van der Waals surface area contributed by atoms with E-state index in [-0.39, 0.29) is 8.72 Å². The molecule has 0 amide bonds. The molecule has 0 radical (unpaired) electrons. The summed E-state index contributed by atoms with van der Waals surface area (Å²) in [6, 6.07) is 0.820. The maximum Gasteiger partial charge on any atom is 0.354 e. The summed E-state index contributed by atoms with van der Waals surface area (Å²) in [7, 11) is 0. The largest absolute Gasteiger partial charge is 0.477 e. The van der Waals surface area contributed by atoms with Crippen LogP contribution in [0.3, 0.4) is 0 Å². The Morgan fingerprint density at radius 3 is 2.64 bits per heavy atom. The van der Waals surface area contributed by atoms with Gasteiger partial charge >= 0.3 is 5.97 Å². The second kappa shape index (κ2) is 4.35. The Bertz CT molecular complexity index is 386. The average Bonchev–Trinajstić information content (AvgIpc) is 2.08. The minimum Gasteiger partial charge on any atom is -0.477 e. The van der Waals surface area contributed by atoms with E-state index in [4.69, 9.17) is 16.7 Å². The summed E-state index contributed by atoms with van der Waals surface area (Å²) in [5.74, 6) is -1.38. The summed E-state index contributed by atoms with van der Waals surface area (Å²) in [6.07, 6.45) is -2.76. The average molecular weight is 333 g/mol. The molecule has 0 saturated carbocycles. The molecule has 0 fully saturated rings. The third-order valence-corrected chi connectivity index (χ3v) is 3.13. The second-order valence-electron chi connectivity index (χ2n) is 2.31. The van der Waals surface area contributed by atoms with Crippen LogP contribution in [-0.2, 0) is 0 Å². The lowest BCUT2D eigenvalue weighted by molar-refractivity contribution is 0.0690. The predicted octanol–water partition coefficient (Wildman–Crippen LogP) is 2.98. The first-order valence-electron chi connectivity index (χ1n) is 3.31. The van der Waals surface area contributed by atoms with Gasteiger partial charge in [-0.25, -0.2) is 18.6 Å². The molecule has 1 rings (SSSR count). The fourth-order valence-electron chi connectivity index (χ4n) is 0.785. The van der Waals surface area contributed by atoms with Gasteiger partial charge in [-0.15, -0.1) is 0 Å². The molecular formula is C7H3ClF2INO2. The van der Waals surface area contributed by atoms with Crippen molar-refractivity contribution in [2.24, 2.45) is 0 Å². The monoisotopic (exact) mass is 333 g/mol. The minimum atomic E-state index is -2.76. The number of aromatic carboxylic acids is 1. The molecule has 1 aromatic rings. The summed E-state index contributed by atoms with van der Waals surface area (Å²) in [5.41, 5.74) is -0.895. The molecule has 0 aliphatic carbocycles. The van der Waals surface area contributed by atoms with E-state index in [1.807, 2.05) is 0 Å². The molecule has 1 N–H and O–H groups in total. The number of pyridine rings is 1. The second-order valence-corrected chi connectivity index (χ2v) is 3.74. The van der Waals surface area contributed by atoms with Crippen LogP contribution in [-0.4, -0.2) is 16.1 Å². The van der Waals surface area contributed by atoms with Gasteiger partial charge in [0.1, 0.15) is 5.15 Å². The number of halogens is 4. The number of nitrogens with zero attached hydrogens (tertiary/aromatic N) is 1. The Morgan fingerprint density at radius 2 is 2.21 bits per heavy atom. The zero-order valence-electron chi connectivity index (χ0n) is 6.47. The molecule has 0 aliphatic rings. The van der Waals surface area contributed by atoms with E-state index in [0.717, 1.165) is 6.07 Å². The zero-order valence-corrected chi connectivity index (χ0v) is 9.38. The van der Waals surface area contributed by atoms with Gasteiger partial charge in [0.05, 0.1) is 3.57 Å². The van der Waals surface area contributed by atoms with Crippen LogP contribution < -0.4 is 0 Å². The molecular weight excluding hydrogens is 330 g/mol. The van der Waals surface area contributed by atoms with Crippen LogP contribution in [0.1, 0.15) is 22.5 Å². The Kier molecular flexibility index (Phi) is 3.59. The minimum absolute atomic E-state index is 0.0734. The summed E-state index contributed by atoms with van der Waals surface area (Å²) in [4.78, 5) is 13.9. The fraction of sp³-hybridized carbons (Fsp3) is 0.143. The highest BCUT2D eigenvalue weighted by Gasteiger charge is 2.18. The van der Waals surface area contributed by atoms with Gasteiger partial charge in [-0.3, -0.25) is 0 Å². The van der Waals surface area contributed by atoms with E-state index in [9.17, 15) is 13.6 Å². The number of alkyl halides is 2. The number of hydrogen-bond acceptors (Lipinski definition) is 2. The molecule has 1 aromatic heterocycles. The number of rotatable bonds is 2. The topological polar surface area (TPSA) is 50.2 Å². The maximum absolute atomic E-state index is 12.4. The van der Waals surface area contributed by atoms with Gasteiger partial charge in [-0.1, -0.05) is 11.6 Å². The van der Waals surface area contributed by atoms with Crippen molar-refractivity contribution in [1.82, 2.24) is 4.98 Å². The molecule has 3 nitrogen and oxygen atoms in total. The molecule has 0 atom stereocenters. The Labute approximate surface area is 96.2 Å². The molecule has 76 valence electrons. The summed E-state index contributed by atoms with van der Waals surface area (Å²) < 4.78 is 24.8. The highest BCUT2D eigenvalue weighted by Crippen LogP contribution is 2.29. The third-order valence-electron chi connectivity index (χ3n) is 1.40. The van der Waals surface area contributed by atoms with Gasteiger partial charge in [0.25, 0.3) is 6.43 Å². The molecule has 0 bridgehead atoms. The highest BCUT2D eigenvalue weighted by atomic mass is 127. The van der Waals surface area contributed by atoms with Crippen molar-refractivity contribution >= 4 is 40.2 Å². The number of hydrogen-bond donors (Lipinski definition) is 1. The molecule has 14 heavy (non-hydrogen) atoms. The number of carboxylic acids is 1. The fourth-order valence-corrected chi connectivity index (χ4v) is 1.50. The van der Waals surface area contributed by atoms with Crippen molar-refractivity contribution < 1.29 is 18.7 Å². The van der Waals surface area contributed by atoms with Crippen molar-refractivity contribution in [3.05, 3.63) is 26.0 Å². The van der Waals surface area contributed by atoms with Crippen molar-refractivity contribution in [3.8, 4) is 0 Å². The smallest absolute Gasteiger partial charge is 0.354 e. The lowest BCUT2D eigenvalue weighted by Crippen LogP contribution is -2.04. The number of aromatic nitrogens is 1. The SMILES string of the molecule is O=C(O)c1cc(C(F)F)c(I)c(Cl)n1. The first kappa shape index (κ1) is 11.6. The predicted molar refractivity (Wildman–Crippen MR) is 53.9 cm³/mol. The van der Waals surface area contributed by atoms with Crippen LogP contribution in [0.4, 0.5) is 8.78 Å². The van der Waals surface area contributed by atoms with Gasteiger partial charge < -0.3 is 5.11 Å². The van der Waals surface area contributed by atoms with E-state index in [1.165, 1.54) is 0 Å². The molecule has 0 saturated heterocycles. The molecule has 0 aliphatic heterocycles. The van der Waals surface area contributed by atoms with E-state index < -0.39 is 23.7 Å². The van der Waals surface area contributed by atoms with E-state index in [0.29, 0.717) is 0 Å². The Morgan fingerprint density at radius 1 is 1.64 bits per heavy atom. The van der Waals surface area contributed by atoms with E-state index >= 15 is 0 Å². The van der Waals surface area contributed by atoms with Crippen LogP contribution in [0.2, 0.25) is 5.15 Å². The van der Waals surface area contributed by atoms with Gasteiger partial charge in [-0.2, -0.15) is 0 Å². The van der Waals surface area contributed by atoms with Crippen molar-refractivity contribution in [3.63, 3.8) is 0 Å². The molecule has 0 unspecified atom stereocenters. The number of carbonyl (C=O) groups is 1. The molecule has 0 spiro atoms. The summed E-state index contributed by atoms with van der Waals surface area (Å²) in [5, 5.41) is 8.32. The third kappa shape index (κ3) is 2.30. The van der Waals surface area contributed by atoms with Crippen LogP contribution in [0.5, 0.6) is 0 Å². The Balaban J connectivity index is 3.35. The van der Waals surface area contributed by atoms with Gasteiger partial charge in [0.15, 0.2) is 5.69 Å². The van der Waals surface area contributed by atoms with E-state index in [1.54, 1.807) is 22.6 Å². The van der Waals surface area contributed by atoms with E-state index in [2.05, 4.69) is 4.98 Å². The lowest BCUT2D eigenvalue weighted by atomic mass is 10.2. The zero-order chi connectivity index (χ0) is 10.9.